The lowest BCUT2D eigenvalue weighted by molar-refractivity contribution is 0.103. The molecule has 1 aromatic carbocycles. The number of nitrogens with zero attached hydrogens (tertiary/aromatic N) is 3. The van der Waals surface area contributed by atoms with Crippen molar-refractivity contribution in [2.24, 2.45) is 0 Å². The van der Waals surface area contributed by atoms with Crippen LogP contribution in [0.15, 0.2) is 89.0 Å². The lowest BCUT2D eigenvalue weighted by Gasteiger charge is -2.42. The van der Waals surface area contributed by atoms with Crippen molar-refractivity contribution in [1.82, 2.24) is 15.0 Å². The summed E-state index contributed by atoms with van der Waals surface area (Å²) in [7, 11) is 0. The maximum Gasteiger partial charge on any atom is 0.196 e. The van der Waals surface area contributed by atoms with E-state index in [1.54, 1.807) is 30.4 Å². The normalized spacial score (nSPS) is 15.4. The van der Waals surface area contributed by atoms with Crippen LogP contribution >= 0.6 is 11.8 Å². The van der Waals surface area contributed by atoms with E-state index in [0.29, 0.717) is 22.5 Å². The predicted molar refractivity (Wildman–Crippen MR) is 106 cm³/mol. The molecule has 1 aliphatic heterocycles. The first-order valence-electron chi connectivity index (χ1n) is 9.00. The Balaban J connectivity index is 1.88. The second kappa shape index (κ2) is 5.59. The Morgan fingerprint density at radius 1 is 0.643 bits per heavy atom. The zero-order valence-corrected chi connectivity index (χ0v) is 15.5. The number of pyridine rings is 3. The number of rotatable bonds is 0. The first kappa shape index (κ1) is 15.7. The molecule has 1 aliphatic carbocycles. The number of hydrogen-bond donors (Lipinski definition) is 0. The molecule has 3 aromatic heterocycles. The highest BCUT2D eigenvalue weighted by atomic mass is 32.2. The van der Waals surface area contributed by atoms with Gasteiger partial charge >= 0.3 is 0 Å². The van der Waals surface area contributed by atoms with Crippen LogP contribution in [0.25, 0.3) is 0 Å². The Bertz CT molecular complexity index is 1190. The quantitative estimate of drug-likeness (QED) is 0.395. The van der Waals surface area contributed by atoms with E-state index < -0.39 is 5.41 Å². The molecule has 1 spiro atoms. The second-order valence-corrected chi connectivity index (χ2v) is 7.91. The van der Waals surface area contributed by atoms with Crippen molar-refractivity contribution in [3.8, 4) is 0 Å². The van der Waals surface area contributed by atoms with E-state index in [9.17, 15) is 4.79 Å². The zero-order chi connectivity index (χ0) is 18.7. The van der Waals surface area contributed by atoms with Crippen molar-refractivity contribution in [3.63, 3.8) is 0 Å². The van der Waals surface area contributed by atoms with Gasteiger partial charge in [-0.05, 0) is 48.0 Å². The van der Waals surface area contributed by atoms with E-state index in [2.05, 4.69) is 18.2 Å². The highest BCUT2D eigenvalue weighted by Crippen LogP contribution is 2.56. The highest BCUT2D eigenvalue weighted by molar-refractivity contribution is 7.99. The van der Waals surface area contributed by atoms with Gasteiger partial charge in [-0.3, -0.25) is 19.7 Å². The number of carbonyl (C=O) groups is 1. The van der Waals surface area contributed by atoms with E-state index >= 15 is 0 Å². The van der Waals surface area contributed by atoms with Gasteiger partial charge in [-0.1, -0.05) is 30.0 Å². The van der Waals surface area contributed by atoms with Crippen LogP contribution in [-0.2, 0) is 5.41 Å². The van der Waals surface area contributed by atoms with Crippen LogP contribution in [0.5, 0.6) is 0 Å². The molecule has 6 rings (SSSR count). The third-order valence-corrected chi connectivity index (χ3v) is 6.58. The molecule has 0 amide bonds. The van der Waals surface area contributed by atoms with Gasteiger partial charge in [-0.15, -0.1) is 0 Å². The number of ketones is 1. The Kier molecular flexibility index (Phi) is 3.14. The van der Waals surface area contributed by atoms with Gasteiger partial charge in [0.05, 0.1) is 17.1 Å². The smallest absolute Gasteiger partial charge is 0.196 e. The van der Waals surface area contributed by atoms with Gasteiger partial charge in [0.2, 0.25) is 0 Å². The van der Waals surface area contributed by atoms with Gasteiger partial charge in [0, 0.05) is 39.5 Å². The fraction of sp³-hybridized carbons (Fsp3) is 0.0435. The Morgan fingerprint density at radius 2 is 1.21 bits per heavy atom. The summed E-state index contributed by atoms with van der Waals surface area (Å²) < 4.78 is 0. The van der Waals surface area contributed by atoms with Gasteiger partial charge in [-0.2, -0.15) is 0 Å². The van der Waals surface area contributed by atoms with Crippen LogP contribution in [0, 0.1) is 0 Å². The fourth-order valence-corrected chi connectivity index (χ4v) is 5.54. The number of hydrogen-bond acceptors (Lipinski definition) is 5. The topological polar surface area (TPSA) is 55.7 Å². The van der Waals surface area contributed by atoms with Crippen LogP contribution < -0.4 is 0 Å². The van der Waals surface area contributed by atoms with Crippen LogP contribution in [0.2, 0.25) is 0 Å². The van der Waals surface area contributed by atoms with Crippen molar-refractivity contribution in [2.45, 2.75) is 15.2 Å². The van der Waals surface area contributed by atoms with Gasteiger partial charge in [0.15, 0.2) is 5.78 Å². The second-order valence-electron chi connectivity index (χ2n) is 6.83. The minimum Gasteiger partial charge on any atom is -0.288 e. The lowest BCUT2D eigenvalue weighted by atomic mass is 9.64. The largest absolute Gasteiger partial charge is 0.288 e. The predicted octanol–water partition coefficient (Wildman–Crippen LogP) is 4.26. The van der Waals surface area contributed by atoms with E-state index in [1.807, 2.05) is 42.5 Å². The minimum absolute atomic E-state index is 0.0370. The molecule has 0 unspecified atom stereocenters. The van der Waals surface area contributed by atoms with E-state index in [-0.39, 0.29) is 5.78 Å². The lowest BCUT2D eigenvalue weighted by Crippen LogP contribution is -2.42. The summed E-state index contributed by atoms with van der Waals surface area (Å²) in [6, 6.07) is 19.6. The molecule has 132 valence electrons. The standard InChI is InChI=1S/C23H13N3OS/c27-19-14-6-3-11-24-20(14)23(21-15(19)7-4-12-25-21)16-8-1-2-9-17(16)28-18-10-5-13-26-22(18)23/h1-13H. The molecule has 4 nitrogen and oxygen atoms in total. The van der Waals surface area contributed by atoms with Crippen LogP contribution in [0.1, 0.15) is 38.6 Å². The summed E-state index contributed by atoms with van der Waals surface area (Å²) in [6.45, 7) is 0. The molecule has 0 N–H and O–H groups in total. The minimum atomic E-state index is -0.806. The van der Waals surface area contributed by atoms with Gasteiger partial charge in [0.25, 0.3) is 0 Å². The molecule has 4 heterocycles. The summed E-state index contributed by atoms with van der Waals surface area (Å²) >= 11 is 1.70. The van der Waals surface area contributed by atoms with E-state index in [1.165, 1.54) is 0 Å². The fourth-order valence-electron chi connectivity index (χ4n) is 4.38. The summed E-state index contributed by atoms with van der Waals surface area (Å²) in [5.41, 5.74) is 3.78. The molecule has 4 aromatic rings. The van der Waals surface area contributed by atoms with Gasteiger partial charge in [0.1, 0.15) is 5.41 Å². The molecular weight excluding hydrogens is 366 g/mol. The average molecular weight is 379 g/mol. The third kappa shape index (κ3) is 1.81. The first-order valence-corrected chi connectivity index (χ1v) is 9.82. The summed E-state index contributed by atoms with van der Waals surface area (Å²) in [5.74, 6) is -0.0370. The molecule has 5 heteroatoms. The van der Waals surface area contributed by atoms with Crippen molar-refractivity contribution in [1.29, 1.82) is 0 Å². The number of aromatic nitrogens is 3. The van der Waals surface area contributed by atoms with Gasteiger partial charge in [-0.25, -0.2) is 0 Å². The summed E-state index contributed by atoms with van der Waals surface area (Å²) in [5, 5.41) is 0. The third-order valence-electron chi connectivity index (χ3n) is 5.45. The average Bonchev–Trinajstić information content (AvgIpc) is 2.77. The molecule has 0 saturated heterocycles. The van der Waals surface area contributed by atoms with Crippen molar-refractivity contribution in [2.75, 3.05) is 0 Å². The van der Waals surface area contributed by atoms with Crippen LogP contribution in [-0.4, -0.2) is 20.7 Å². The van der Waals surface area contributed by atoms with Crippen LogP contribution in [0.3, 0.4) is 0 Å². The van der Waals surface area contributed by atoms with Crippen molar-refractivity contribution < 1.29 is 4.79 Å². The molecule has 0 radical (unpaired) electrons. The number of fused-ring (bicyclic) bond motifs is 8. The molecule has 0 bridgehead atoms. The number of benzene rings is 1. The number of carbonyl (C=O) groups excluding carboxylic acids is 1. The monoisotopic (exact) mass is 379 g/mol. The molecule has 28 heavy (non-hydrogen) atoms. The highest BCUT2D eigenvalue weighted by Gasteiger charge is 2.53. The SMILES string of the molecule is O=C1c2cccnc2C2(c3ccccc3Sc3cccnc32)c2ncccc21. The summed E-state index contributed by atoms with van der Waals surface area (Å²) in [4.78, 5) is 29.7. The molecular formula is C23H13N3OS. The summed E-state index contributed by atoms with van der Waals surface area (Å²) in [6.07, 6.45) is 5.29. The molecule has 0 atom stereocenters. The Morgan fingerprint density at radius 3 is 1.93 bits per heavy atom. The zero-order valence-electron chi connectivity index (χ0n) is 14.7. The van der Waals surface area contributed by atoms with E-state index in [4.69, 9.17) is 15.0 Å². The van der Waals surface area contributed by atoms with Crippen molar-refractivity contribution >= 4 is 17.5 Å². The Labute approximate surface area is 165 Å². The van der Waals surface area contributed by atoms with Gasteiger partial charge < -0.3 is 0 Å². The van der Waals surface area contributed by atoms with Crippen molar-refractivity contribution in [3.05, 3.63) is 113 Å². The maximum absolute atomic E-state index is 13.3. The van der Waals surface area contributed by atoms with Crippen LogP contribution in [0.4, 0.5) is 0 Å². The molecule has 2 aliphatic rings. The molecule has 0 saturated carbocycles. The first-order chi connectivity index (χ1) is 13.8. The Hall–Kier alpha value is -3.31. The molecule has 0 fully saturated rings. The van der Waals surface area contributed by atoms with E-state index in [0.717, 1.165) is 21.0 Å². The maximum atomic E-state index is 13.3.